The Morgan fingerprint density at radius 2 is 1.89 bits per heavy atom. The first kappa shape index (κ1) is 30.8. The fourth-order valence-electron chi connectivity index (χ4n) is 3.71. The summed E-state index contributed by atoms with van der Waals surface area (Å²) < 4.78 is 1.01. The van der Waals surface area contributed by atoms with Gasteiger partial charge in [-0.2, -0.15) is 0 Å². The van der Waals surface area contributed by atoms with Crippen molar-refractivity contribution < 1.29 is 4.48 Å². The predicted molar refractivity (Wildman–Crippen MR) is 161 cm³/mol. The second kappa shape index (κ2) is 17.9. The minimum absolute atomic E-state index is 0.642. The van der Waals surface area contributed by atoms with Crippen LogP contribution >= 0.6 is 33.2 Å². The quantitative estimate of drug-likeness (QED) is 0.0618. The molecule has 2 rings (SSSR count). The van der Waals surface area contributed by atoms with E-state index < -0.39 is 0 Å². The Morgan fingerprint density at radius 1 is 1.11 bits per heavy atom. The maximum absolute atomic E-state index is 6.12. The minimum atomic E-state index is 0.642. The zero-order chi connectivity index (χ0) is 26.1. The van der Waals surface area contributed by atoms with Gasteiger partial charge < -0.3 is 20.4 Å². The van der Waals surface area contributed by atoms with E-state index in [1.807, 2.05) is 35.2 Å². The van der Waals surface area contributed by atoms with E-state index in [0.29, 0.717) is 5.88 Å². The van der Waals surface area contributed by atoms with E-state index in [1.165, 1.54) is 11.3 Å². The second-order valence-electron chi connectivity index (χ2n) is 9.59. The number of anilines is 1. The molecule has 0 unspecified atom stereocenters. The van der Waals surface area contributed by atoms with Crippen molar-refractivity contribution in [2.45, 2.75) is 37.3 Å². The first-order chi connectivity index (χ1) is 17.4. The number of aliphatic imine (C=N–C) groups is 1. The van der Waals surface area contributed by atoms with Gasteiger partial charge in [0.2, 0.25) is 0 Å². The van der Waals surface area contributed by atoms with E-state index in [4.69, 9.17) is 17.3 Å². The van der Waals surface area contributed by atoms with Crippen molar-refractivity contribution in [1.82, 2.24) is 10.3 Å². The highest BCUT2D eigenvalue weighted by atomic mass is 35.5. The number of quaternary nitrogens is 1. The summed E-state index contributed by atoms with van der Waals surface area (Å²) in [5.41, 5.74) is 8.64. The highest BCUT2D eigenvalue weighted by Gasteiger charge is 2.13. The average Bonchev–Trinajstić information content (AvgIpc) is 2.87. The molecule has 200 valence electrons. The Balaban J connectivity index is 1.50. The maximum Gasteiger partial charge on any atom is 0.106 e. The topological polar surface area (TPSA) is 66.5 Å². The Bertz CT molecular complexity index is 864. The van der Waals surface area contributed by atoms with Gasteiger partial charge in [0.15, 0.2) is 0 Å². The third-order valence-electron chi connectivity index (χ3n) is 5.92. The number of halogens is 1. The summed E-state index contributed by atoms with van der Waals surface area (Å²) in [6, 6.07) is 14.7. The number of alkyl halides is 1. The van der Waals surface area contributed by atoms with Crippen LogP contribution in [-0.2, 0) is 6.54 Å². The van der Waals surface area contributed by atoms with Gasteiger partial charge in [0.25, 0.3) is 0 Å². The lowest BCUT2D eigenvalue weighted by molar-refractivity contribution is -0.890. The number of nitrogens with one attached hydrogen (secondary N) is 1. The van der Waals surface area contributed by atoms with Crippen molar-refractivity contribution in [1.29, 1.82) is 0 Å². The molecule has 3 N–H and O–H groups in total. The number of amidine groups is 1. The first-order valence-corrected chi connectivity index (χ1v) is 15.6. The second-order valence-corrected chi connectivity index (χ2v) is 12.4. The smallest absolute Gasteiger partial charge is 0.106 e. The van der Waals surface area contributed by atoms with Gasteiger partial charge in [0, 0.05) is 76.0 Å². The van der Waals surface area contributed by atoms with E-state index in [0.717, 1.165) is 86.0 Å². The number of nitrogens with two attached hydrogens (primary N) is 1. The molecule has 0 amide bonds. The summed E-state index contributed by atoms with van der Waals surface area (Å²) in [5, 5.41) is 4.63. The van der Waals surface area contributed by atoms with Crippen LogP contribution in [0.3, 0.4) is 0 Å². The molecule has 0 radical (unpaired) electrons. The molecule has 0 atom stereocenters. The molecule has 0 aliphatic rings. The average molecular weight is 552 g/mol. The molecule has 1 aromatic carbocycles. The fraction of sp³-hybridized carbons (Fsp3) is 0.556. The minimum Gasteiger partial charge on any atom is -0.387 e. The summed E-state index contributed by atoms with van der Waals surface area (Å²) in [6.07, 6.45) is 5.96. The lowest BCUT2D eigenvalue weighted by Crippen LogP contribution is -2.42. The lowest BCUT2D eigenvalue weighted by atomic mass is 10.2. The van der Waals surface area contributed by atoms with E-state index >= 15 is 0 Å². The van der Waals surface area contributed by atoms with E-state index in [-0.39, 0.29) is 0 Å². The molecule has 0 saturated carbocycles. The van der Waals surface area contributed by atoms with Gasteiger partial charge in [-0.1, -0.05) is 29.0 Å². The third kappa shape index (κ3) is 13.7. The van der Waals surface area contributed by atoms with Gasteiger partial charge in [0.1, 0.15) is 5.03 Å². The number of pyridine rings is 1. The fourth-order valence-corrected chi connectivity index (χ4v) is 5.93. The molecule has 1 aromatic heterocycles. The first-order valence-electron chi connectivity index (χ1n) is 12.8. The SMILES string of the molecule is CN(CCCl)c1ccc(CNCCC[N+](C)(C)CCCN=C(N)CCCSSc2ccccn2)cc1. The molecule has 0 saturated heterocycles. The Hall–Kier alpha value is -1.45. The van der Waals surface area contributed by atoms with Crippen LogP contribution in [0.15, 0.2) is 58.7 Å². The molecule has 0 aliphatic heterocycles. The van der Waals surface area contributed by atoms with Crippen LogP contribution in [0.2, 0.25) is 0 Å². The summed E-state index contributed by atoms with van der Waals surface area (Å²) in [5.74, 6) is 2.47. The van der Waals surface area contributed by atoms with Gasteiger partial charge >= 0.3 is 0 Å². The molecule has 0 aliphatic carbocycles. The number of rotatable bonds is 19. The monoisotopic (exact) mass is 551 g/mol. The summed E-state index contributed by atoms with van der Waals surface area (Å²) >= 11 is 5.83. The predicted octanol–water partition coefficient (Wildman–Crippen LogP) is 5.28. The molecule has 2 aromatic rings. The summed E-state index contributed by atoms with van der Waals surface area (Å²) in [6.45, 7) is 5.87. The molecular formula is C27H44ClN6S2+. The Labute approximate surface area is 231 Å². The lowest BCUT2D eigenvalue weighted by Gasteiger charge is -2.29. The highest BCUT2D eigenvalue weighted by Crippen LogP contribution is 2.29. The molecular weight excluding hydrogens is 508 g/mol. The van der Waals surface area contributed by atoms with Crippen molar-refractivity contribution in [2.75, 3.05) is 70.4 Å². The number of benzene rings is 1. The van der Waals surface area contributed by atoms with Crippen LogP contribution in [0.1, 0.15) is 31.2 Å². The summed E-state index contributed by atoms with van der Waals surface area (Å²) in [4.78, 5) is 11.1. The van der Waals surface area contributed by atoms with Gasteiger partial charge in [-0.3, -0.25) is 4.99 Å². The van der Waals surface area contributed by atoms with Crippen molar-refractivity contribution in [3.63, 3.8) is 0 Å². The van der Waals surface area contributed by atoms with E-state index in [1.54, 1.807) is 10.8 Å². The molecule has 0 spiro atoms. The van der Waals surface area contributed by atoms with Crippen molar-refractivity contribution in [3.8, 4) is 0 Å². The largest absolute Gasteiger partial charge is 0.387 e. The number of nitrogens with zero attached hydrogens (tertiary/aromatic N) is 4. The number of hydrogen-bond donors (Lipinski definition) is 2. The van der Waals surface area contributed by atoms with E-state index in [2.05, 4.69) is 65.6 Å². The number of aromatic nitrogens is 1. The molecule has 36 heavy (non-hydrogen) atoms. The molecule has 1 heterocycles. The Kier molecular flexibility index (Phi) is 15.3. The summed E-state index contributed by atoms with van der Waals surface area (Å²) in [7, 11) is 10.2. The van der Waals surface area contributed by atoms with Crippen molar-refractivity contribution in [3.05, 3.63) is 54.2 Å². The van der Waals surface area contributed by atoms with Gasteiger partial charge in [-0.15, -0.1) is 11.6 Å². The van der Waals surface area contributed by atoms with Crippen LogP contribution in [0.4, 0.5) is 5.69 Å². The van der Waals surface area contributed by atoms with Crippen LogP contribution in [0.5, 0.6) is 0 Å². The zero-order valence-electron chi connectivity index (χ0n) is 22.2. The molecule has 9 heteroatoms. The van der Waals surface area contributed by atoms with Gasteiger partial charge in [0.05, 0.1) is 33.0 Å². The van der Waals surface area contributed by atoms with Crippen LogP contribution < -0.4 is 16.0 Å². The van der Waals surface area contributed by atoms with Crippen molar-refractivity contribution in [2.24, 2.45) is 10.7 Å². The molecule has 0 fully saturated rings. The van der Waals surface area contributed by atoms with Gasteiger partial charge in [-0.25, -0.2) is 4.98 Å². The molecule has 0 bridgehead atoms. The van der Waals surface area contributed by atoms with Gasteiger partial charge in [-0.05, 0) is 47.0 Å². The Morgan fingerprint density at radius 3 is 2.61 bits per heavy atom. The van der Waals surface area contributed by atoms with E-state index in [9.17, 15) is 0 Å². The standard InChI is InChI=1S/C27H44ClN6S2/c1-33(19-15-28)25-13-11-24(12-14-25)23-30-16-7-20-34(2,3)21-8-18-31-26(29)9-6-22-35-36-27-10-4-5-17-32-27/h4-5,10-14,17,30H,6-9,15-16,18-23H2,1-3H3,(H2,29,31)/q+1. The van der Waals surface area contributed by atoms with Crippen LogP contribution in [-0.4, -0.2) is 80.8 Å². The van der Waals surface area contributed by atoms with Crippen molar-refractivity contribution >= 4 is 44.7 Å². The zero-order valence-corrected chi connectivity index (χ0v) is 24.6. The normalized spacial score (nSPS) is 12.2. The highest BCUT2D eigenvalue weighted by molar-refractivity contribution is 8.76. The van der Waals surface area contributed by atoms with Crippen LogP contribution in [0, 0.1) is 0 Å². The molecule has 6 nitrogen and oxygen atoms in total. The van der Waals surface area contributed by atoms with Crippen LogP contribution in [0.25, 0.3) is 0 Å². The third-order valence-corrected chi connectivity index (χ3v) is 8.44. The maximum atomic E-state index is 6.12. The number of hydrogen-bond acceptors (Lipinski definition) is 6.